The monoisotopic (exact) mass is 225 g/mol. The molecule has 1 atom stereocenters. The number of fused-ring (bicyclic) bond motifs is 1. The van der Waals surface area contributed by atoms with Gasteiger partial charge in [-0.15, -0.1) is 0 Å². The minimum atomic E-state index is -4.48. The lowest BCUT2D eigenvalue weighted by Gasteiger charge is -2.18. The van der Waals surface area contributed by atoms with Gasteiger partial charge in [0.05, 0.1) is 12.1 Å². The summed E-state index contributed by atoms with van der Waals surface area (Å²) in [4.78, 5) is 7.05. The van der Waals surface area contributed by atoms with Crippen molar-refractivity contribution in [1.29, 1.82) is 0 Å². The van der Waals surface area contributed by atoms with Crippen LogP contribution in [0.4, 0.5) is 19.0 Å². The third kappa shape index (κ3) is 1.30. The van der Waals surface area contributed by atoms with E-state index in [0.29, 0.717) is 0 Å². The van der Waals surface area contributed by atoms with E-state index in [4.69, 9.17) is 5.11 Å². The molecule has 78 valence electrons. The van der Waals surface area contributed by atoms with Crippen molar-refractivity contribution in [2.24, 2.45) is 4.99 Å². The number of thiol groups is 1. The number of halogens is 3. The van der Waals surface area contributed by atoms with Crippen LogP contribution < -0.4 is 0 Å². The molecule has 1 unspecified atom stereocenters. The second kappa shape index (κ2) is 2.99. The molecule has 0 aliphatic carbocycles. The number of alkyl halides is 3. The normalized spacial score (nSPS) is 23.4. The standard InChI is InChI=1S/C6H6F3N3OS/c7-6(8,9)5-11-4-1-10-2-12(4)14(5)3-13/h1-2,13-14H,3H2. The summed E-state index contributed by atoms with van der Waals surface area (Å²) in [6, 6.07) is 0. The fourth-order valence-electron chi connectivity index (χ4n) is 1.16. The SMILES string of the molecule is OC[SH]1C(C(F)(F)F)=Nc2cncn21. The summed E-state index contributed by atoms with van der Waals surface area (Å²) < 4.78 is 38.4. The van der Waals surface area contributed by atoms with E-state index in [2.05, 4.69) is 9.98 Å². The smallest absolute Gasteiger partial charge is 0.385 e. The molecule has 14 heavy (non-hydrogen) atoms. The topological polar surface area (TPSA) is 50.4 Å². The number of aliphatic imine (C=N–C) groups is 1. The molecule has 0 spiro atoms. The van der Waals surface area contributed by atoms with Gasteiger partial charge in [-0.2, -0.15) is 13.2 Å². The van der Waals surface area contributed by atoms with Crippen molar-refractivity contribution in [3.05, 3.63) is 12.5 Å². The first kappa shape index (κ1) is 9.53. The van der Waals surface area contributed by atoms with Crippen LogP contribution in [-0.4, -0.2) is 31.2 Å². The Labute approximate surface area is 79.6 Å². The average Bonchev–Trinajstić information content (AvgIpc) is 2.58. The summed E-state index contributed by atoms with van der Waals surface area (Å²) >= 11 is -1.84. The second-order valence-corrected chi connectivity index (χ2v) is 4.51. The number of imidazole rings is 1. The van der Waals surface area contributed by atoms with E-state index in [1.165, 1.54) is 16.5 Å². The number of rotatable bonds is 1. The molecule has 1 N–H and O–H groups in total. The highest BCUT2D eigenvalue weighted by Gasteiger charge is 2.43. The Morgan fingerprint density at radius 3 is 2.79 bits per heavy atom. The first-order valence-corrected chi connectivity index (χ1v) is 5.09. The van der Waals surface area contributed by atoms with Crippen molar-refractivity contribution in [2.75, 3.05) is 5.94 Å². The van der Waals surface area contributed by atoms with Gasteiger partial charge in [-0.05, 0) is 0 Å². The van der Waals surface area contributed by atoms with Crippen LogP contribution in [0.1, 0.15) is 0 Å². The van der Waals surface area contributed by atoms with Crippen molar-refractivity contribution in [3.8, 4) is 0 Å². The van der Waals surface area contributed by atoms with Crippen LogP contribution in [0.25, 0.3) is 0 Å². The zero-order valence-corrected chi connectivity index (χ0v) is 7.63. The van der Waals surface area contributed by atoms with Gasteiger partial charge in [0.1, 0.15) is 6.33 Å². The Kier molecular flexibility index (Phi) is 2.04. The van der Waals surface area contributed by atoms with Gasteiger partial charge >= 0.3 is 6.18 Å². The molecule has 0 saturated carbocycles. The molecule has 8 heteroatoms. The van der Waals surface area contributed by atoms with E-state index in [1.807, 2.05) is 0 Å². The van der Waals surface area contributed by atoms with Gasteiger partial charge in [-0.25, -0.2) is 9.98 Å². The van der Waals surface area contributed by atoms with Crippen LogP contribution >= 0.6 is 11.1 Å². The van der Waals surface area contributed by atoms with Crippen LogP contribution in [0.15, 0.2) is 17.5 Å². The summed E-state index contributed by atoms with van der Waals surface area (Å²) in [5, 5.41) is 7.95. The summed E-state index contributed by atoms with van der Waals surface area (Å²) in [6.45, 7) is 0. The third-order valence-electron chi connectivity index (χ3n) is 1.71. The zero-order valence-electron chi connectivity index (χ0n) is 6.73. The molecule has 2 heterocycles. The number of hydrogen-bond acceptors (Lipinski definition) is 3. The molecule has 1 aromatic heterocycles. The Balaban J connectivity index is 2.43. The van der Waals surface area contributed by atoms with Gasteiger partial charge < -0.3 is 5.11 Å². The van der Waals surface area contributed by atoms with Crippen LogP contribution in [0.2, 0.25) is 0 Å². The number of aliphatic hydroxyl groups excluding tert-OH is 1. The molecular weight excluding hydrogens is 219 g/mol. The molecule has 0 bridgehead atoms. The molecule has 2 rings (SSSR count). The first-order chi connectivity index (χ1) is 6.54. The lowest BCUT2D eigenvalue weighted by atomic mass is 10.7. The molecule has 0 aromatic carbocycles. The number of nitrogens with zero attached hydrogens (tertiary/aromatic N) is 3. The van der Waals surface area contributed by atoms with Gasteiger partial charge in [0.2, 0.25) is 0 Å². The summed E-state index contributed by atoms with van der Waals surface area (Å²) in [6.07, 6.45) is -1.99. The largest absolute Gasteiger partial charge is 0.439 e. The fraction of sp³-hybridized carbons (Fsp3) is 0.333. The van der Waals surface area contributed by atoms with Crippen LogP contribution in [0, 0.1) is 0 Å². The Hall–Kier alpha value is -1.02. The Morgan fingerprint density at radius 1 is 1.50 bits per heavy atom. The van der Waals surface area contributed by atoms with Gasteiger partial charge in [0.25, 0.3) is 0 Å². The highest BCUT2D eigenvalue weighted by Crippen LogP contribution is 2.45. The molecule has 0 amide bonds. The van der Waals surface area contributed by atoms with Gasteiger partial charge in [-0.3, -0.25) is 3.97 Å². The molecule has 1 aliphatic rings. The quantitative estimate of drug-likeness (QED) is 0.705. The predicted molar refractivity (Wildman–Crippen MR) is 46.8 cm³/mol. The van der Waals surface area contributed by atoms with E-state index in [0.717, 1.165) is 0 Å². The zero-order chi connectivity index (χ0) is 10.3. The summed E-state index contributed by atoms with van der Waals surface area (Å²) in [7, 11) is 0. The third-order valence-corrected chi connectivity index (χ3v) is 3.65. The molecule has 1 aromatic rings. The summed E-state index contributed by atoms with van der Waals surface area (Å²) in [5.41, 5.74) is 0. The lowest BCUT2D eigenvalue weighted by molar-refractivity contribution is -0.0554. The average molecular weight is 225 g/mol. The van der Waals surface area contributed by atoms with E-state index in [-0.39, 0.29) is 5.82 Å². The molecule has 0 fully saturated rings. The number of aliphatic hydroxyl groups is 1. The van der Waals surface area contributed by atoms with E-state index in [9.17, 15) is 13.2 Å². The maximum atomic E-state index is 12.4. The van der Waals surface area contributed by atoms with Crippen LogP contribution in [0.5, 0.6) is 0 Å². The van der Waals surface area contributed by atoms with Crippen molar-refractivity contribution in [3.63, 3.8) is 0 Å². The van der Waals surface area contributed by atoms with Gasteiger partial charge in [0.15, 0.2) is 10.9 Å². The number of aromatic nitrogens is 2. The highest BCUT2D eigenvalue weighted by molar-refractivity contribution is 8.29. The highest BCUT2D eigenvalue weighted by atomic mass is 32.2. The van der Waals surface area contributed by atoms with Crippen LogP contribution in [-0.2, 0) is 0 Å². The van der Waals surface area contributed by atoms with Crippen molar-refractivity contribution >= 4 is 21.9 Å². The lowest BCUT2D eigenvalue weighted by Crippen LogP contribution is -2.23. The Bertz CT molecular complexity index is 386. The molecule has 1 aliphatic heterocycles. The molecule has 0 saturated heterocycles. The van der Waals surface area contributed by atoms with Crippen LogP contribution in [0.3, 0.4) is 0 Å². The maximum Gasteiger partial charge on any atom is 0.439 e. The Morgan fingerprint density at radius 2 is 2.21 bits per heavy atom. The molecule has 4 nitrogen and oxygen atoms in total. The van der Waals surface area contributed by atoms with Crippen molar-refractivity contribution < 1.29 is 18.3 Å². The second-order valence-electron chi connectivity index (χ2n) is 2.57. The minimum absolute atomic E-state index is 0.150. The number of hydrogen-bond donors (Lipinski definition) is 2. The fourth-order valence-corrected chi connectivity index (χ4v) is 2.67. The molecular formula is C6H6F3N3OS. The van der Waals surface area contributed by atoms with Gasteiger partial charge in [-0.1, -0.05) is 11.1 Å². The molecule has 0 radical (unpaired) electrons. The van der Waals surface area contributed by atoms with E-state index < -0.39 is 28.2 Å². The summed E-state index contributed by atoms with van der Waals surface area (Å²) in [5.74, 6) is -0.422. The maximum absolute atomic E-state index is 12.4. The van der Waals surface area contributed by atoms with Crippen molar-refractivity contribution in [2.45, 2.75) is 6.18 Å². The first-order valence-electron chi connectivity index (χ1n) is 3.61. The minimum Gasteiger partial charge on any atom is -0.385 e. The predicted octanol–water partition coefficient (Wildman–Crippen LogP) is 1.20. The van der Waals surface area contributed by atoms with Gasteiger partial charge in [0, 0.05) is 0 Å². The van der Waals surface area contributed by atoms with Crippen molar-refractivity contribution in [1.82, 2.24) is 8.96 Å². The van der Waals surface area contributed by atoms with E-state index >= 15 is 0 Å². The van der Waals surface area contributed by atoms with E-state index in [1.54, 1.807) is 0 Å².